The smallest absolute Gasteiger partial charge is 0.307 e. The number of hydrogen-bond acceptors (Lipinski definition) is 4. The summed E-state index contributed by atoms with van der Waals surface area (Å²) in [7, 11) is 0. The highest BCUT2D eigenvalue weighted by Crippen LogP contribution is 2.66. The molecule has 0 bridgehead atoms. The topological polar surface area (TPSA) is 52.6 Å². The molecule has 0 aromatic rings. The Morgan fingerprint density at radius 1 is 1.00 bits per heavy atom. The highest BCUT2D eigenvalue weighted by Gasteiger charge is 2.58. The van der Waals surface area contributed by atoms with Crippen molar-refractivity contribution >= 4 is 11.9 Å². The van der Waals surface area contributed by atoms with Gasteiger partial charge in [-0.2, -0.15) is 0 Å². The van der Waals surface area contributed by atoms with Gasteiger partial charge in [0.1, 0.15) is 11.5 Å². The van der Waals surface area contributed by atoms with Gasteiger partial charge in [0.05, 0.1) is 0 Å². The summed E-state index contributed by atoms with van der Waals surface area (Å²) in [5, 5.41) is 0. The molecule has 4 aliphatic rings. The summed E-state index contributed by atoms with van der Waals surface area (Å²) < 4.78 is 11.0. The highest BCUT2D eigenvalue weighted by atomic mass is 16.5. The van der Waals surface area contributed by atoms with Crippen LogP contribution in [0.2, 0.25) is 0 Å². The second-order valence-electron chi connectivity index (χ2n) is 9.68. The van der Waals surface area contributed by atoms with Crippen molar-refractivity contribution in [3.63, 3.8) is 0 Å². The van der Waals surface area contributed by atoms with Crippen molar-refractivity contribution in [3.8, 4) is 0 Å². The van der Waals surface area contributed by atoms with Crippen molar-refractivity contribution in [2.45, 2.75) is 72.6 Å². The second-order valence-corrected chi connectivity index (χ2v) is 9.68. The van der Waals surface area contributed by atoms with E-state index in [1.807, 2.05) is 0 Å². The zero-order valence-corrected chi connectivity index (χ0v) is 17.0. The molecule has 0 heterocycles. The van der Waals surface area contributed by atoms with Crippen LogP contribution >= 0.6 is 0 Å². The number of fused-ring (bicyclic) bond motifs is 5. The molecule has 0 amide bonds. The number of hydrogen-bond donors (Lipinski definition) is 0. The van der Waals surface area contributed by atoms with E-state index in [9.17, 15) is 9.59 Å². The van der Waals surface area contributed by atoms with Gasteiger partial charge in [0.25, 0.3) is 0 Å². The first-order valence-corrected chi connectivity index (χ1v) is 10.5. The molecule has 0 spiro atoms. The van der Waals surface area contributed by atoms with E-state index in [0.717, 1.165) is 37.2 Å². The van der Waals surface area contributed by atoms with E-state index in [0.29, 0.717) is 23.7 Å². The largest absolute Gasteiger partial charge is 0.432 e. The van der Waals surface area contributed by atoms with E-state index < -0.39 is 0 Å². The van der Waals surface area contributed by atoms with Crippen molar-refractivity contribution < 1.29 is 19.1 Å². The van der Waals surface area contributed by atoms with Gasteiger partial charge >= 0.3 is 11.9 Å². The molecule has 0 radical (unpaired) electrons. The Morgan fingerprint density at radius 3 is 2.44 bits per heavy atom. The number of carbonyl (C=O) groups is 2. The van der Waals surface area contributed by atoms with E-state index in [4.69, 9.17) is 9.47 Å². The first-order chi connectivity index (χ1) is 12.7. The lowest BCUT2D eigenvalue weighted by molar-refractivity contribution is -0.142. The fourth-order valence-electron chi connectivity index (χ4n) is 6.96. The average Bonchev–Trinajstić information content (AvgIpc) is 2.91. The van der Waals surface area contributed by atoms with Crippen LogP contribution in [0.4, 0.5) is 0 Å². The SMILES string of the molecule is CC(=O)OC1=CC[C@@]2(C)[C@@H](CC[C@@H]3[C@@H]2CC[C@]2(C)C(OC(C)=O)=CC[C@@H]32)C1. The van der Waals surface area contributed by atoms with E-state index >= 15 is 0 Å². The average molecular weight is 373 g/mol. The van der Waals surface area contributed by atoms with Crippen molar-refractivity contribution in [3.05, 3.63) is 23.7 Å². The number of ether oxygens (including phenoxy) is 2. The summed E-state index contributed by atoms with van der Waals surface area (Å²) in [6.45, 7) is 7.77. The molecule has 148 valence electrons. The molecule has 4 heteroatoms. The van der Waals surface area contributed by atoms with E-state index in [1.54, 1.807) is 0 Å². The normalized spacial score (nSPS) is 42.8. The lowest BCUT2D eigenvalue weighted by Crippen LogP contribution is -2.52. The molecular formula is C23H32O4. The van der Waals surface area contributed by atoms with Crippen molar-refractivity contribution in [1.29, 1.82) is 0 Å². The van der Waals surface area contributed by atoms with Crippen LogP contribution in [0.5, 0.6) is 0 Å². The molecule has 0 aliphatic heterocycles. The van der Waals surface area contributed by atoms with Gasteiger partial charge in [-0.05, 0) is 79.8 Å². The maximum absolute atomic E-state index is 11.5. The van der Waals surface area contributed by atoms with E-state index in [-0.39, 0.29) is 22.8 Å². The van der Waals surface area contributed by atoms with Crippen LogP contribution in [-0.4, -0.2) is 11.9 Å². The summed E-state index contributed by atoms with van der Waals surface area (Å²) in [5.74, 6) is 3.98. The Hall–Kier alpha value is -1.58. The molecule has 0 N–H and O–H groups in total. The Bertz CT molecular complexity index is 720. The fourth-order valence-corrected chi connectivity index (χ4v) is 6.96. The molecule has 0 saturated heterocycles. The van der Waals surface area contributed by atoms with Gasteiger partial charge in [-0.15, -0.1) is 0 Å². The fraction of sp³-hybridized carbons (Fsp3) is 0.739. The van der Waals surface area contributed by atoms with Crippen LogP contribution in [0.1, 0.15) is 72.6 Å². The summed E-state index contributed by atoms with van der Waals surface area (Å²) in [6, 6.07) is 0. The van der Waals surface area contributed by atoms with Gasteiger partial charge < -0.3 is 9.47 Å². The number of carbonyl (C=O) groups excluding carboxylic acids is 2. The molecule has 0 aromatic carbocycles. The molecule has 27 heavy (non-hydrogen) atoms. The monoisotopic (exact) mass is 372 g/mol. The zero-order chi connectivity index (χ0) is 19.4. The molecule has 4 rings (SSSR count). The number of allylic oxidation sites excluding steroid dienone is 4. The maximum Gasteiger partial charge on any atom is 0.307 e. The molecule has 0 aromatic heterocycles. The number of rotatable bonds is 2. The molecule has 6 atom stereocenters. The van der Waals surface area contributed by atoms with Crippen molar-refractivity contribution in [2.24, 2.45) is 34.5 Å². The quantitative estimate of drug-likeness (QED) is 0.630. The molecule has 2 fully saturated rings. The molecule has 4 aliphatic carbocycles. The highest BCUT2D eigenvalue weighted by molar-refractivity contribution is 5.68. The molecule has 4 nitrogen and oxygen atoms in total. The van der Waals surface area contributed by atoms with Crippen LogP contribution in [-0.2, 0) is 19.1 Å². The minimum atomic E-state index is -0.206. The Labute approximate surface area is 162 Å². The summed E-state index contributed by atoms with van der Waals surface area (Å²) >= 11 is 0. The van der Waals surface area contributed by atoms with Crippen molar-refractivity contribution in [2.75, 3.05) is 0 Å². The third-order valence-corrected chi connectivity index (χ3v) is 8.32. The minimum Gasteiger partial charge on any atom is -0.432 e. The second kappa shape index (κ2) is 6.49. The van der Waals surface area contributed by atoms with E-state index in [2.05, 4.69) is 26.0 Å². The predicted octanol–water partition coefficient (Wildman–Crippen LogP) is 5.14. The summed E-state index contributed by atoms with van der Waals surface area (Å²) in [6.07, 6.45) is 12.0. The lowest BCUT2D eigenvalue weighted by atomic mass is 9.46. The van der Waals surface area contributed by atoms with E-state index in [1.165, 1.54) is 33.1 Å². The van der Waals surface area contributed by atoms with Crippen LogP contribution in [0.3, 0.4) is 0 Å². The summed E-state index contributed by atoms with van der Waals surface area (Å²) in [4.78, 5) is 22.9. The molecule has 2 saturated carbocycles. The standard InChI is InChI=1S/C23H32O4/c1-14(24)26-17-9-11-22(3)16(13-17)5-6-18-19-7-8-21(27-15(2)25)23(19,4)12-10-20(18)22/h8-9,16,18-20H,5-7,10-13H2,1-4H3/t16-,18-,19-,20-,22-,23-/m0/s1. The Balaban J connectivity index is 1.55. The third-order valence-electron chi connectivity index (χ3n) is 8.32. The van der Waals surface area contributed by atoms with Crippen LogP contribution in [0.25, 0.3) is 0 Å². The minimum absolute atomic E-state index is 0.0173. The maximum atomic E-state index is 11.5. The number of esters is 2. The van der Waals surface area contributed by atoms with Crippen LogP contribution in [0, 0.1) is 34.5 Å². The third kappa shape index (κ3) is 2.96. The van der Waals surface area contributed by atoms with Crippen LogP contribution < -0.4 is 0 Å². The molecular weight excluding hydrogens is 340 g/mol. The van der Waals surface area contributed by atoms with Gasteiger partial charge in [-0.1, -0.05) is 13.8 Å². The van der Waals surface area contributed by atoms with Gasteiger partial charge in [0, 0.05) is 25.7 Å². The van der Waals surface area contributed by atoms with Crippen LogP contribution in [0.15, 0.2) is 23.7 Å². The van der Waals surface area contributed by atoms with Gasteiger partial charge in [0.15, 0.2) is 0 Å². The first-order valence-electron chi connectivity index (χ1n) is 10.5. The van der Waals surface area contributed by atoms with Crippen molar-refractivity contribution in [1.82, 2.24) is 0 Å². The van der Waals surface area contributed by atoms with Gasteiger partial charge in [0.2, 0.25) is 0 Å². The predicted molar refractivity (Wildman–Crippen MR) is 102 cm³/mol. The van der Waals surface area contributed by atoms with Gasteiger partial charge in [-0.25, -0.2) is 0 Å². The Kier molecular flexibility index (Phi) is 4.51. The zero-order valence-electron chi connectivity index (χ0n) is 17.0. The molecule has 0 unspecified atom stereocenters. The lowest BCUT2D eigenvalue weighted by Gasteiger charge is -2.59. The van der Waals surface area contributed by atoms with Gasteiger partial charge in [-0.3, -0.25) is 9.59 Å². The summed E-state index contributed by atoms with van der Waals surface area (Å²) in [5.41, 5.74) is 0.307. The Morgan fingerprint density at radius 2 is 1.74 bits per heavy atom. The first kappa shape index (κ1) is 18.8.